The number of hydrogen-bond donors (Lipinski definition) is 2. The van der Waals surface area contributed by atoms with Crippen LogP contribution in [-0.4, -0.2) is 17.1 Å². The summed E-state index contributed by atoms with van der Waals surface area (Å²) in [6.45, 7) is 23.3. The quantitative estimate of drug-likeness (QED) is 0.285. The highest BCUT2D eigenvalue weighted by molar-refractivity contribution is 6.03. The third-order valence-corrected chi connectivity index (χ3v) is 12.1. The van der Waals surface area contributed by atoms with Crippen LogP contribution in [0.1, 0.15) is 93.4 Å². The Labute approximate surface area is 211 Å². The van der Waals surface area contributed by atoms with Gasteiger partial charge >= 0.3 is 0 Å². The predicted molar refractivity (Wildman–Crippen MR) is 138 cm³/mol. The highest BCUT2D eigenvalue weighted by atomic mass is 16.1. The number of carbonyl (C=O) groups excluding carboxylic acids is 2. The lowest BCUT2D eigenvalue weighted by Crippen LogP contribution is -2.70. The molecular weight excluding hydrogens is 434 g/mol. The molecule has 0 aliphatic heterocycles. The average Bonchev–Trinajstić information content (AvgIpc) is 2.77. The summed E-state index contributed by atoms with van der Waals surface area (Å²) in [5.41, 5.74) is 3.22. The van der Waals surface area contributed by atoms with Crippen molar-refractivity contribution in [2.45, 2.75) is 99.0 Å². The SMILES string of the molecule is [C-]#[N+]C1=C[C@]2(C)C3=CC(=O)[C@@H]4[C@@H]5CC(C)(C)CC[C@]5(NN)CC[C@@]4(C)[C@]3(C)CC[C@H]2C(C)(C)C1=O. The molecule has 0 saturated heterocycles. The van der Waals surface area contributed by atoms with E-state index >= 15 is 0 Å². The van der Waals surface area contributed by atoms with Gasteiger partial charge in [0.05, 0.1) is 6.57 Å². The molecule has 5 aliphatic carbocycles. The van der Waals surface area contributed by atoms with Crippen molar-refractivity contribution in [2.75, 3.05) is 0 Å². The lowest BCUT2D eigenvalue weighted by Gasteiger charge is -2.69. The van der Waals surface area contributed by atoms with Gasteiger partial charge in [0.1, 0.15) is 0 Å². The van der Waals surface area contributed by atoms with E-state index in [4.69, 9.17) is 12.4 Å². The Balaban J connectivity index is 1.70. The minimum Gasteiger partial charge on any atom is -0.307 e. The van der Waals surface area contributed by atoms with Gasteiger partial charge in [0.2, 0.25) is 5.70 Å². The van der Waals surface area contributed by atoms with Gasteiger partial charge in [0.25, 0.3) is 0 Å². The second-order valence-corrected chi connectivity index (χ2v) is 14.5. The van der Waals surface area contributed by atoms with Gasteiger partial charge in [-0.3, -0.25) is 16.1 Å². The standard InChI is InChI=1S/C30H43N3O2/c1-25(2)11-13-30(33-31)14-12-29(7)23(18(30)16-25)20(34)15-22-27(5)17-19(32-8)24(35)26(3,4)21(27)9-10-28(22,29)6/h15,17-18,21,23,33H,9-14,16,31H2,1-7H3/t18-,21-,23-,27-,28+,29+,30-/m0/s1. The van der Waals surface area contributed by atoms with E-state index in [1.54, 1.807) is 0 Å². The van der Waals surface area contributed by atoms with Crippen LogP contribution in [0.15, 0.2) is 23.4 Å². The lowest BCUT2D eigenvalue weighted by atomic mass is 9.35. The summed E-state index contributed by atoms with van der Waals surface area (Å²) in [5, 5.41) is 0. The van der Waals surface area contributed by atoms with E-state index in [9.17, 15) is 9.59 Å². The van der Waals surface area contributed by atoms with E-state index in [1.165, 1.54) is 0 Å². The van der Waals surface area contributed by atoms with Crippen LogP contribution in [0.3, 0.4) is 0 Å². The van der Waals surface area contributed by atoms with Gasteiger partial charge in [0, 0.05) is 22.3 Å². The summed E-state index contributed by atoms with van der Waals surface area (Å²) >= 11 is 0. The van der Waals surface area contributed by atoms with Crippen LogP contribution in [0.5, 0.6) is 0 Å². The van der Waals surface area contributed by atoms with Crippen molar-refractivity contribution in [3.05, 3.63) is 34.8 Å². The summed E-state index contributed by atoms with van der Waals surface area (Å²) in [7, 11) is 0. The fourth-order valence-corrected chi connectivity index (χ4v) is 9.85. The molecule has 0 radical (unpaired) electrons. The second-order valence-electron chi connectivity index (χ2n) is 14.5. The van der Waals surface area contributed by atoms with Crippen LogP contribution in [0.2, 0.25) is 0 Å². The first-order valence-electron chi connectivity index (χ1n) is 13.5. The molecule has 3 saturated carbocycles. The third-order valence-electron chi connectivity index (χ3n) is 12.1. The smallest absolute Gasteiger partial charge is 0.226 e. The number of hydrazine groups is 1. The van der Waals surface area contributed by atoms with Gasteiger partial charge in [-0.25, -0.2) is 4.85 Å². The molecule has 3 N–H and O–H groups in total. The zero-order valence-electron chi connectivity index (χ0n) is 22.7. The fraction of sp³-hybridized carbons (Fsp3) is 0.767. The molecule has 0 aromatic heterocycles. The van der Waals surface area contributed by atoms with Crippen molar-refractivity contribution >= 4 is 11.6 Å². The van der Waals surface area contributed by atoms with Crippen molar-refractivity contribution in [1.82, 2.24) is 5.43 Å². The Morgan fingerprint density at radius 1 is 1.00 bits per heavy atom. The first-order valence-corrected chi connectivity index (χ1v) is 13.5. The van der Waals surface area contributed by atoms with Crippen molar-refractivity contribution in [3.8, 4) is 0 Å². The summed E-state index contributed by atoms with van der Waals surface area (Å²) < 4.78 is 0. The Hall–Kier alpha value is -1.77. The van der Waals surface area contributed by atoms with Gasteiger partial charge in [-0.2, -0.15) is 0 Å². The van der Waals surface area contributed by atoms with Gasteiger partial charge in [-0.15, -0.1) is 0 Å². The van der Waals surface area contributed by atoms with Crippen LogP contribution in [-0.2, 0) is 9.59 Å². The minimum absolute atomic E-state index is 0.0497. The van der Waals surface area contributed by atoms with E-state index in [0.717, 1.165) is 50.5 Å². The topological polar surface area (TPSA) is 76.6 Å². The maximum atomic E-state index is 14.3. The average molecular weight is 478 g/mol. The first-order chi connectivity index (χ1) is 16.1. The van der Waals surface area contributed by atoms with E-state index in [-0.39, 0.29) is 56.8 Å². The molecule has 3 fully saturated rings. The van der Waals surface area contributed by atoms with Crippen molar-refractivity contribution < 1.29 is 9.59 Å². The molecule has 0 bridgehead atoms. The molecule has 5 rings (SSSR count). The molecule has 5 heteroatoms. The molecule has 7 atom stereocenters. The zero-order chi connectivity index (χ0) is 25.8. The van der Waals surface area contributed by atoms with Gasteiger partial charge in [-0.1, -0.05) is 60.1 Å². The lowest BCUT2D eigenvalue weighted by molar-refractivity contribution is -0.161. The molecule has 0 aromatic carbocycles. The number of hydrogen-bond acceptors (Lipinski definition) is 4. The van der Waals surface area contributed by atoms with E-state index in [0.29, 0.717) is 0 Å². The second kappa shape index (κ2) is 7.17. The van der Waals surface area contributed by atoms with Crippen LogP contribution >= 0.6 is 0 Å². The minimum atomic E-state index is -0.620. The molecule has 5 aliphatic rings. The number of allylic oxidation sites excluding steroid dienone is 4. The third kappa shape index (κ3) is 2.93. The van der Waals surface area contributed by atoms with E-state index in [2.05, 4.69) is 44.9 Å². The number of rotatable bonds is 1. The van der Waals surface area contributed by atoms with Crippen molar-refractivity contribution in [3.63, 3.8) is 0 Å². The molecule has 0 unspecified atom stereocenters. The van der Waals surface area contributed by atoms with Crippen LogP contribution in [0.25, 0.3) is 4.85 Å². The maximum absolute atomic E-state index is 14.3. The Morgan fingerprint density at radius 3 is 2.29 bits per heavy atom. The molecule has 5 nitrogen and oxygen atoms in total. The number of carbonyl (C=O) groups is 2. The molecule has 0 spiro atoms. The number of Topliss-reactive ketones (excluding diaryl/α,β-unsaturated/α-hetero) is 1. The van der Waals surface area contributed by atoms with Crippen molar-refractivity contribution in [2.24, 2.45) is 50.7 Å². The largest absolute Gasteiger partial charge is 0.307 e. The number of nitrogens with zero attached hydrogens (tertiary/aromatic N) is 1. The Morgan fingerprint density at radius 2 is 1.66 bits per heavy atom. The first kappa shape index (κ1) is 24.9. The molecule has 35 heavy (non-hydrogen) atoms. The molecule has 190 valence electrons. The summed E-state index contributed by atoms with van der Waals surface area (Å²) in [6, 6.07) is 0. The predicted octanol–water partition coefficient (Wildman–Crippen LogP) is 5.77. The highest BCUT2D eigenvalue weighted by Crippen LogP contribution is 2.73. The molecular formula is C30H43N3O2. The number of ketones is 2. The number of nitrogens with one attached hydrogen (secondary N) is 1. The molecule has 0 aromatic rings. The normalized spacial score (nSPS) is 47.8. The monoisotopic (exact) mass is 477 g/mol. The fourth-order valence-electron chi connectivity index (χ4n) is 9.85. The maximum Gasteiger partial charge on any atom is 0.226 e. The zero-order valence-corrected chi connectivity index (χ0v) is 22.7. The van der Waals surface area contributed by atoms with Gasteiger partial charge in [-0.05, 0) is 79.1 Å². The van der Waals surface area contributed by atoms with E-state index in [1.807, 2.05) is 26.0 Å². The van der Waals surface area contributed by atoms with Crippen LogP contribution in [0, 0.1) is 51.4 Å². The highest BCUT2D eigenvalue weighted by Gasteiger charge is 2.69. The van der Waals surface area contributed by atoms with E-state index < -0.39 is 10.8 Å². The summed E-state index contributed by atoms with van der Waals surface area (Å²) in [5.74, 6) is 6.66. The van der Waals surface area contributed by atoms with Crippen molar-refractivity contribution in [1.29, 1.82) is 0 Å². The van der Waals surface area contributed by atoms with Gasteiger partial charge in [0.15, 0.2) is 11.6 Å². The van der Waals surface area contributed by atoms with Crippen LogP contribution < -0.4 is 11.3 Å². The molecule has 0 amide bonds. The number of fused-ring (bicyclic) bond motifs is 7. The summed E-state index contributed by atoms with van der Waals surface area (Å²) in [4.78, 5) is 31.1. The number of nitrogens with two attached hydrogens (primary N) is 1. The van der Waals surface area contributed by atoms with Crippen LogP contribution in [0.4, 0.5) is 0 Å². The molecule has 0 heterocycles. The van der Waals surface area contributed by atoms with Gasteiger partial charge < -0.3 is 4.79 Å². The Kier molecular flexibility index (Phi) is 5.10. The summed E-state index contributed by atoms with van der Waals surface area (Å²) in [6.07, 6.45) is 10.9. The Bertz CT molecular complexity index is 1110.